The Kier molecular flexibility index (Phi) is 9.99. The number of unbranched alkanes of at least 4 members (excludes halogenated alkanes) is 3. The fraction of sp³-hybridized carbons (Fsp3) is 0.895. The molecule has 0 aromatic rings. The topological polar surface area (TPSA) is 49.9 Å². The zero-order chi connectivity index (χ0) is 17.9. The van der Waals surface area contributed by atoms with Crippen molar-refractivity contribution in [3.63, 3.8) is 0 Å². The van der Waals surface area contributed by atoms with Crippen LogP contribution in [0.5, 0.6) is 0 Å². The smallest absolute Gasteiger partial charge is 0.320 e. The second-order valence-corrected chi connectivity index (χ2v) is 7.09. The first-order valence-corrected chi connectivity index (χ1v) is 9.68. The van der Waals surface area contributed by atoms with Crippen molar-refractivity contribution in [3.05, 3.63) is 0 Å². The van der Waals surface area contributed by atoms with Gasteiger partial charge in [-0.1, -0.05) is 39.5 Å². The van der Waals surface area contributed by atoms with Crippen molar-refractivity contribution in [1.82, 2.24) is 9.80 Å². The average Bonchev–Trinajstić information content (AvgIpc) is 2.54. The van der Waals surface area contributed by atoms with Crippen LogP contribution in [0.25, 0.3) is 0 Å². The van der Waals surface area contributed by atoms with E-state index >= 15 is 0 Å². The maximum atomic E-state index is 12.7. The molecule has 0 bridgehead atoms. The molecular formula is C19H36N2O3. The summed E-state index contributed by atoms with van der Waals surface area (Å²) in [5.74, 6) is 0.296. The lowest BCUT2D eigenvalue weighted by atomic mass is 9.96. The maximum Gasteiger partial charge on any atom is 0.320 e. The summed E-state index contributed by atoms with van der Waals surface area (Å²) in [4.78, 5) is 28.5. The Morgan fingerprint density at radius 3 is 2.21 bits per heavy atom. The molecule has 0 aromatic heterocycles. The number of piperazine rings is 1. The fourth-order valence-electron chi connectivity index (χ4n) is 3.19. The third-order valence-electron chi connectivity index (χ3n) is 4.65. The first-order valence-electron chi connectivity index (χ1n) is 9.68. The lowest BCUT2D eigenvalue weighted by Gasteiger charge is -2.36. The highest BCUT2D eigenvalue weighted by Crippen LogP contribution is 2.18. The van der Waals surface area contributed by atoms with Crippen LogP contribution in [0.2, 0.25) is 0 Å². The number of carbonyl (C=O) groups is 2. The number of rotatable bonds is 10. The largest absolute Gasteiger partial charge is 0.462 e. The molecule has 1 amide bonds. The molecule has 1 aliphatic rings. The van der Waals surface area contributed by atoms with Gasteiger partial charge in [0.2, 0.25) is 5.91 Å². The van der Waals surface area contributed by atoms with Crippen LogP contribution in [-0.4, -0.2) is 60.5 Å². The van der Waals surface area contributed by atoms with Crippen LogP contribution >= 0.6 is 0 Å². The summed E-state index contributed by atoms with van der Waals surface area (Å²) in [5, 5.41) is 0. The molecule has 140 valence electrons. The second kappa shape index (κ2) is 11.5. The van der Waals surface area contributed by atoms with E-state index in [9.17, 15) is 9.59 Å². The normalized spacial score (nSPS) is 17.1. The Morgan fingerprint density at radius 1 is 1.00 bits per heavy atom. The summed E-state index contributed by atoms with van der Waals surface area (Å²) in [5.41, 5.74) is 0. The van der Waals surface area contributed by atoms with Crippen LogP contribution in [0.3, 0.4) is 0 Å². The minimum atomic E-state index is -0.174. The minimum Gasteiger partial charge on any atom is -0.462 e. The summed E-state index contributed by atoms with van der Waals surface area (Å²) >= 11 is 0. The number of nitrogens with zero attached hydrogens (tertiary/aromatic N) is 2. The second-order valence-electron chi connectivity index (χ2n) is 7.09. The van der Waals surface area contributed by atoms with E-state index in [-0.39, 0.29) is 18.0 Å². The van der Waals surface area contributed by atoms with Crippen LogP contribution in [-0.2, 0) is 14.3 Å². The Balaban J connectivity index is 2.34. The van der Waals surface area contributed by atoms with Gasteiger partial charge in [0, 0.05) is 32.1 Å². The molecule has 0 spiro atoms. The number of hydrogen-bond acceptors (Lipinski definition) is 4. The van der Waals surface area contributed by atoms with E-state index in [1.165, 1.54) is 19.3 Å². The molecule has 1 heterocycles. The third-order valence-corrected chi connectivity index (χ3v) is 4.65. The van der Waals surface area contributed by atoms with E-state index in [4.69, 9.17) is 4.74 Å². The molecule has 1 aliphatic heterocycles. The number of hydrogen-bond donors (Lipinski definition) is 0. The van der Waals surface area contributed by atoms with Crippen molar-refractivity contribution in [3.8, 4) is 0 Å². The van der Waals surface area contributed by atoms with Crippen molar-refractivity contribution < 1.29 is 14.3 Å². The van der Waals surface area contributed by atoms with Crippen LogP contribution in [0.15, 0.2) is 0 Å². The van der Waals surface area contributed by atoms with E-state index < -0.39 is 0 Å². The van der Waals surface area contributed by atoms with E-state index in [2.05, 4.69) is 18.7 Å². The Bertz CT molecular complexity index is 377. The van der Waals surface area contributed by atoms with Crippen LogP contribution in [0.1, 0.15) is 66.2 Å². The molecule has 0 aromatic carbocycles. The minimum absolute atomic E-state index is 0.0709. The van der Waals surface area contributed by atoms with Crippen LogP contribution in [0.4, 0.5) is 0 Å². The van der Waals surface area contributed by atoms with Gasteiger partial charge in [-0.05, 0) is 26.7 Å². The van der Waals surface area contributed by atoms with Gasteiger partial charge >= 0.3 is 5.97 Å². The molecule has 1 saturated heterocycles. The highest BCUT2D eigenvalue weighted by molar-refractivity contribution is 5.79. The molecule has 0 N–H and O–H groups in total. The van der Waals surface area contributed by atoms with E-state index in [1.807, 2.05) is 18.7 Å². The molecule has 1 rings (SSSR count). The van der Waals surface area contributed by atoms with Crippen molar-refractivity contribution in [2.24, 2.45) is 5.92 Å². The molecule has 1 atom stereocenters. The molecule has 1 fully saturated rings. The Labute approximate surface area is 147 Å². The maximum absolute atomic E-state index is 12.7. The third kappa shape index (κ3) is 7.65. The molecule has 0 aliphatic carbocycles. The van der Waals surface area contributed by atoms with Gasteiger partial charge < -0.3 is 9.64 Å². The van der Waals surface area contributed by atoms with Crippen molar-refractivity contribution >= 4 is 11.9 Å². The van der Waals surface area contributed by atoms with Gasteiger partial charge in [0.15, 0.2) is 0 Å². The number of ether oxygens (including phenoxy) is 1. The highest BCUT2D eigenvalue weighted by atomic mass is 16.5. The lowest BCUT2D eigenvalue weighted by Crippen LogP contribution is -2.51. The predicted molar refractivity (Wildman–Crippen MR) is 96.8 cm³/mol. The average molecular weight is 341 g/mol. The van der Waals surface area contributed by atoms with E-state index in [1.54, 1.807) is 0 Å². The molecule has 5 heteroatoms. The fourth-order valence-corrected chi connectivity index (χ4v) is 3.19. The van der Waals surface area contributed by atoms with Gasteiger partial charge in [0.25, 0.3) is 0 Å². The number of esters is 1. The van der Waals surface area contributed by atoms with Gasteiger partial charge in [-0.15, -0.1) is 0 Å². The quantitative estimate of drug-likeness (QED) is 0.453. The first-order chi connectivity index (χ1) is 11.5. The Hall–Kier alpha value is -1.10. The molecule has 1 unspecified atom stereocenters. The number of amides is 1. The van der Waals surface area contributed by atoms with Crippen LogP contribution in [0, 0.1) is 5.92 Å². The monoisotopic (exact) mass is 340 g/mol. The summed E-state index contributed by atoms with van der Waals surface area (Å²) in [6.45, 7) is 11.3. The van der Waals surface area contributed by atoms with E-state index in [0.29, 0.717) is 12.5 Å². The van der Waals surface area contributed by atoms with Gasteiger partial charge in [0.05, 0.1) is 12.6 Å². The van der Waals surface area contributed by atoms with E-state index in [0.717, 1.165) is 45.4 Å². The van der Waals surface area contributed by atoms with Crippen LogP contribution < -0.4 is 0 Å². The lowest BCUT2D eigenvalue weighted by molar-refractivity contribution is -0.149. The standard InChI is InChI=1S/C19H36N2O3/c1-5-7-8-9-10-17(6-2)19(23)21-13-11-20(12-14-21)15-18(22)24-16(3)4/h16-17H,5-15H2,1-4H3. The van der Waals surface area contributed by atoms with Gasteiger partial charge in [-0.2, -0.15) is 0 Å². The zero-order valence-corrected chi connectivity index (χ0v) is 16.1. The summed E-state index contributed by atoms with van der Waals surface area (Å²) in [6.07, 6.45) is 6.73. The van der Waals surface area contributed by atoms with Gasteiger partial charge in [-0.3, -0.25) is 14.5 Å². The van der Waals surface area contributed by atoms with Crippen molar-refractivity contribution in [2.45, 2.75) is 72.3 Å². The SMILES string of the molecule is CCCCCCC(CC)C(=O)N1CCN(CC(=O)OC(C)C)CC1. The van der Waals surface area contributed by atoms with Gasteiger partial charge in [0.1, 0.15) is 0 Å². The van der Waals surface area contributed by atoms with Crippen molar-refractivity contribution in [1.29, 1.82) is 0 Å². The Morgan fingerprint density at radius 2 is 1.67 bits per heavy atom. The molecule has 0 radical (unpaired) electrons. The highest BCUT2D eigenvalue weighted by Gasteiger charge is 2.27. The molecular weight excluding hydrogens is 304 g/mol. The summed E-state index contributed by atoms with van der Waals surface area (Å²) in [6, 6.07) is 0. The molecule has 24 heavy (non-hydrogen) atoms. The summed E-state index contributed by atoms with van der Waals surface area (Å²) in [7, 11) is 0. The zero-order valence-electron chi connectivity index (χ0n) is 16.1. The number of carbonyl (C=O) groups excluding carboxylic acids is 2. The first kappa shape index (κ1) is 20.9. The summed E-state index contributed by atoms with van der Waals surface area (Å²) < 4.78 is 5.19. The van der Waals surface area contributed by atoms with Crippen molar-refractivity contribution in [2.75, 3.05) is 32.7 Å². The molecule has 0 saturated carbocycles. The van der Waals surface area contributed by atoms with Gasteiger partial charge in [-0.25, -0.2) is 0 Å². The predicted octanol–water partition coefficient (Wildman–Crippen LogP) is 3.08. The molecule has 5 nitrogen and oxygen atoms in total.